The molecule has 0 radical (unpaired) electrons. The van der Waals surface area contributed by atoms with Crippen LogP contribution in [0.1, 0.15) is 5.56 Å². The van der Waals surface area contributed by atoms with Crippen LogP contribution >= 0.6 is 39.1 Å². The van der Waals surface area contributed by atoms with Crippen molar-refractivity contribution in [3.63, 3.8) is 0 Å². The molecule has 3 rings (SSSR count). The highest BCUT2D eigenvalue weighted by Crippen LogP contribution is 2.32. The Morgan fingerprint density at radius 2 is 1.59 bits per heavy atom. The molecule has 1 heterocycles. The third-order valence-corrected chi connectivity index (χ3v) is 5.30. The Kier molecular flexibility index (Phi) is 5.29. The molecule has 0 saturated carbocycles. The molecule has 0 aliphatic carbocycles. The van der Waals surface area contributed by atoms with Gasteiger partial charge in [-0.25, -0.2) is 0 Å². The van der Waals surface area contributed by atoms with Crippen molar-refractivity contribution in [3.8, 4) is 0 Å². The maximum Gasteiger partial charge on any atom is 0.0825 e. The largest absolute Gasteiger partial charge is 0.368 e. The van der Waals surface area contributed by atoms with E-state index in [4.69, 9.17) is 23.2 Å². The van der Waals surface area contributed by atoms with E-state index in [-0.39, 0.29) is 0 Å². The molecule has 1 aliphatic heterocycles. The Morgan fingerprint density at radius 3 is 2.27 bits per heavy atom. The minimum atomic E-state index is 0.622. The van der Waals surface area contributed by atoms with Crippen LogP contribution in [0.3, 0.4) is 0 Å². The lowest BCUT2D eigenvalue weighted by molar-refractivity contribution is 0.250. The van der Waals surface area contributed by atoms with E-state index in [0.717, 1.165) is 42.9 Å². The lowest BCUT2D eigenvalue weighted by atomic mass is 10.2. The minimum absolute atomic E-state index is 0.622. The van der Waals surface area contributed by atoms with Gasteiger partial charge in [-0.05, 0) is 29.8 Å². The van der Waals surface area contributed by atoms with Crippen LogP contribution in [0, 0.1) is 0 Å². The van der Waals surface area contributed by atoms with Gasteiger partial charge < -0.3 is 4.90 Å². The molecule has 2 nitrogen and oxygen atoms in total. The first kappa shape index (κ1) is 16.1. The highest BCUT2D eigenvalue weighted by atomic mass is 79.9. The summed E-state index contributed by atoms with van der Waals surface area (Å²) in [7, 11) is 0. The Balaban J connectivity index is 1.60. The van der Waals surface area contributed by atoms with Crippen LogP contribution in [0.2, 0.25) is 10.0 Å². The van der Waals surface area contributed by atoms with Gasteiger partial charge in [0.2, 0.25) is 0 Å². The molecule has 0 atom stereocenters. The Bertz CT molecular complexity index is 638. The molecule has 0 aromatic heterocycles. The molecule has 0 N–H and O–H groups in total. The zero-order valence-electron chi connectivity index (χ0n) is 12.1. The monoisotopic (exact) mass is 398 g/mol. The summed E-state index contributed by atoms with van der Waals surface area (Å²) in [6, 6.07) is 14.4. The van der Waals surface area contributed by atoms with E-state index in [9.17, 15) is 0 Å². The first-order valence-corrected chi connectivity index (χ1v) is 8.84. The second-order valence-electron chi connectivity index (χ2n) is 5.46. The van der Waals surface area contributed by atoms with E-state index in [1.807, 2.05) is 18.2 Å². The average Bonchev–Trinajstić information content (AvgIpc) is 2.53. The maximum atomic E-state index is 6.32. The number of piperazine rings is 1. The first-order chi connectivity index (χ1) is 10.6. The van der Waals surface area contributed by atoms with Crippen molar-refractivity contribution in [2.45, 2.75) is 6.54 Å². The molecule has 0 amide bonds. The summed E-state index contributed by atoms with van der Waals surface area (Å²) in [5.41, 5.74) is 2.38. The zero-order chi connectivity index (χ0) is 15.5. The first-order valence-electron chi connectivity index (χ1n) is 7.29. The number of benzene rings is 2. The van der Waals surface area contributed by atoms with Gasteiger partial charge in [-0.3, -0.25) is 4.90 Å². The molecule has 1 aliphatic rings. The van der Waals surface area contributed by atoms with Crippen LogP contribution in [0.25, 0.3) is 0 Å². The fourth-order valence-electron chi connectivity index (χ4n) is 2.73. The normalized spacial score (nSPS) is 16.0. The van der Waals surface area contributed by atoms with Crippen LogP contribution in [-0.4, -0.2) is 31.1 Å². The van der Waals surface area contributed by atoms with Crippen LogP contribution in [0.4, 0.5) is 5.69 Å². The van der Waals surface area contributed by atoms with Gasteiger partial charge in [0.15, 0.2) is 0 Å². The second kappa shape index (κ2) is 7.22. The second-order valence-corrected chi connectivity index (χ2v) is 7.16. The smallest absolute Gasteiger partial charge is 0.0825 e. The van der Waals surface area contributed by atoms with Gasteiger partial charge in [0.05, 0.1) is 15.7 Å². The van der Waals surface area contributed by atoms with Crippen LogP contribution in [0.15, 0.2) is 46.9 Å². The Morgan fingerprint density at radius 1 is 0.909 bits per heavy atom. The van der Waals surface area contributed by atoms with Crippen molar-refractivity contribution < 1.29 is 0 Å². The van der Waals surface area contributed by atoms with Gasteiger partial charge in [0, 0.05) is 37.2 Å². The van der Waals surface area contributed by atoms with Gasteiger partial charge in [0.1, 0.15) is 0 Å². The predicted octanol–water partition coefficient (Wildman–Crippen LogP) is 5.08. The molecule has 0 spiro atoms. The number of halogens is 3. The van der Waals surface area contributed by atoms with Crippen molar-refractivity contribution in [1.29, 1.82) is 0 Å². The lowest BCUT2D eigenvalue weighted by Crippen LogP contribution is -2.46. The van der Waals surface area contributed by atoms with Crippen LogP contribution in [0.5, 0.6) is 0 Å². The van der Waals surface area contributed by atoms with Crippen molar-refractivity contribution >= 4 is 44.8 Å². The third-order valence-electron chi connectivity index (χ3n) is 3.96. The number of hydrogen-bond donors (Lipinski definition) is 0. The fraction of sp³-hybridized carbons (Fsp3) is 0.294. The molecular weight excluding hydrogens is 383 g/mol. The van der Waals surface area contributed by atoms with Crippen LogP contribution < -0.4 is 4.90 Å². The summed E-state index contributed by atoms with van der Waals surface area (Å²) < 4.78 is 1.12. The van der Waals surface area contributed by atoms with Crippen LogP contribution in [-0.2, 0) is 6.54 Å². The van der Waals surface area contributed by atoms with Crippen molar-refractivity contribution in [2.24, 2.45) is 0 Å². The number of nitrogens with zero attached hydrogens (tertiary/aromatic N) is 2. The third kappa shape index (κ3) is 3.77. The Hall–Kier alpha value is -0.740. The molecule has 5 heteroatoms. The van der Waals surface area contributed by atoms with E-state index in [1.165, 1.54) is 5.56 Å². The number of anilines is 1. The summed E-state index contributed by atoms with van der Waals surface area (Å²) in [4.78, 5) is 4.78. The topological polar surface area (TPSA) is 6.48 Å². The fourth-order valence-corrected chi connectivity index (χ4v) is 3.41. The van der Waals surface area contributed by atoms with Gasteiger partial charge >= 0.3 is 0 Å². The van der Waals surface area contributed by atoms with Crippen molar-refractivity contribution in [1.82, 2.24) is 4.90 Å². The summed E-state index contributed by atoms with van der Waals surface area (Å²) in [6.45, 7) is 4.98. The minimum Gasteiger partial charge on any atom is -0.368 e. The molecule has 2 aromatic carbocycles. The van der Waals surface area contributed by atoms with Gasteiger partial charge in [-0.15, -0.1) is 0 Å². The zero-order valence-corrected chi connectivity index (χ0v) is 15.2. The average molecular weight is 400 g/mol. The van der Waals surface area contributed by atoms with E-state index < -0.39 is 0 Å². The SMILES string of the molecule is Clc1cccc(N2CCN(Cc3ccc(Br)cc3)CC2)c1Cl. The predicted molar refractivity (Wildman–Crippen MR) is 98.1 cm³/mol. The quantitative estimate of drug-likeness (QED) is 0.710. The van der Waals surface area contributed by atoms with Gasteiger partial charge in [-0.1, -0.05) is 57.3 Å². The summed E-state index contributed by atoms with van der Waals surface area (Å²) in [6.07, 6.45) is 0. The highest BCUT2D eigenvalue weighted by Gasteiger charge is 2.19. The Labute approximate surface area is 149 Å². The molecule has 1 saturated heterocycles. The molecule has 2 aromatic rings. The molecular formula is C17H17BrCl2N2. The highest BCUT2D eigenvalue weighted by molar-refractivity contribution is 9.10. The molecule has 0 unspecified atom stereocenters. The van der Waals surface area contributed by atoms with E-state index in [2.05, 4.69) is 50.0 Å². The summed E-state index contributed by atoms with van der Waals surface area (Å²) in [5.74, 6) is 0. The molecule has 0 bridgehead atoms. The molecule has 116 valence electrons. The molecule has 22 heavy (non-hydrogen) atoms. The van der Waals surface area contributed by atoms with Crippen molar-refractivity contribution in [3.05, 3.63) is 62.5 Å². The number of rotatable bonds is 3. The van der Waals surface area contributed by atoms with E-state index >= 15 is 0 Å². The summed E-state index contributed by atoms with van der Waals surface area (Å²) in [5, 5.41) is 1.28. The van der Waals surface area contributed by atoms with Crippen molar-refractivity contribution in [2.75, 3.05) is 31.1 Å². The maximum absolute atomic E-state index is 6.32. The van der Waals surface area contributed by atoms with Gasteiger partial charge in [0.25, 0.3) is 0 Å². The standard InChI is InChI=1S/C17H17BrCl2N2/c18-14-6-4-13(5-7-14)12-21-8-10-22(11-9-21)16-3-1-2-15(19)17(16)20/h1-7H,8-12H2. The van der Waals surface area contributed by atoms with E-state index in [1.54, 1.807) is 0 Å². The number of hydrogen-bond acceptors (Lipinski definition) is 2. The molecule has 1 fully saturated rings. The lowest BCUT2D eigenvalue weighted by Gasteiger charge is -2.36. The van der Waals surface area contributed by atoms with Gasteiger partial charge in [-0.2, -0.15) is 0 Å². The van der Waals surface area contributed by atoms with E-state index in [0.29, 0.717) is 10.0 Å². The summed E-state index contributed by atoms with van der Waals surface area (Å²) >= 11 is 15.9.